The molecule has 0 saturated carbocycles. The van der Waals surface area contributed by atoms with Crippen molar-refractivity contribution in [2.45, 2.75) is 44.9 Å². The summed E-state index contributed by atoms with van der Waals surface area (Å²) < 4.78 is 15.1. The molecule has 0 aliphatic carbocycles. The van der Waals surface area contributed by atoms with Gasteiger partial charge in [0.05, 0.1) is 22.4 Å². The van der Waals surface area contributed by atoms with Crippen molar-refractivity contribution in [3.8, 4) is 5.69 Å². The highest BCUT2D eigenvalue weighted by atomic mass is 35.5. The van der Waals surface area contributed by atoms with Crippen LogP contribution in [0.3, 0.4) is 0 Å². The number of para-hydroxylation sites is 1. The summed E-state index contributed by atoms with van der Waals surface area (Å²) in [4.78, 5) is 28.7. The van der Waals surface area contributed by atoms with Gasteiger partial charge in [0.15, 0.2) is 0 Å². The van der Waals surface area contributed by atoms with Gasteiger partial charge in [-0.25, -0.2) is 9.07 Å². The number of nitrogens with zero attached hydrogens (tertiary/aromatic N) is 3. The second-order valence-corrected chi connectivity index (χ2v) is 12.6. The number of benzene rings is 3. The molecule has 9 heteroatoms. The molecular formula is C32H32ClFN4O2S. The molecule has 2 amide bonds. The van der Waals surface area contributed by atoms with E-state index >= 15 is 0 Å². The van der Waals surface area contributed by atoms with Crippen LogP contribution in [0.5, 0.6) is 0 Å². The Morgan fingerprint density at radius 1 is 1.07 bits per heavy atom. The quantitative estimate of drug-likeness (QED) is 0.269. The fourth-order valence-electron chi connectivity index (χ4n) is 4.98. The second-order valence-electron chi connectivity index (χ2n) is 11.1. The summed E-state index contributed by atoms with van der Waals surface area (Å²) in [6.45, 7) is 8.31. The molecule has 4 aromatic rings. The molecule has 0 radical (unpaired) electrons. The maximum Gasteiger partial charge on any atom is 0.240 e. The third kappa shape index (κ3) is 6.04. The lowest BCUT2D eigenvalue weighted by atomic mass is 9.87. The zero-order chi connectivity index (χ0) is 29.3. The van der Waals surface area contributed by atoms with E-state index in [4.69, 9.17) is 16.7 Å². The van der Waals surface area contributed by atoms with Crippen LogP contribution in [-0.4, -0.2) is 33.9 Å². The molecule has 3 aromatic carbocycles. The van der Waals surface area contributed by atoms with Gasteiger partial charge in [0.1, 0.15) is 18.2 Å². The van der Waals surface area contributed by atoms with Gasteiger partial charge in [0.2, 0.25) is 11.8 Å². The van der Waals surface area contributed by atoms with Crippen LogP contribution in [0.1, 0.15) is 54.0 Å². The lowest BCUT2D eigenvalue weighted by molar-refractivity contribution is -0.123. The van der Waals surface area contributed by atoms with Crippen LogP contribution < -0.4 is 10.2 Å². The number of anilines is 1. The highest BCUT2D eigenvalue weighted by Crippen LogP contribution is 2.49. The van der Waals surface area contributed by atoms with Crippen LogP contribution in [0.4, 0.5) is 10.2 Å². The van der Waals surface area contributed by atoms with Crippen molar-refractivity contribution < 1.29 is 14.0 Å². The van der Waals surface area contributed by atoms with Crippen molar-refractivity contribution >= 4 is 41.0 Å². The molecule has 0 fully saturated rings. The Morgan fingerprint density at radius 2 is 1.76 bits per heavy atom. The molecule has 1 aromatic heterocycles. The van der Waals surface area contributed by atoms with Crippen LogP contribution >= 0.6 is 23.4 Å². The van der Waals surface area contributed by atoms with Crippen molar-refractivity contribution in [1.82, 2.24) is 15.1 Å². The second kappa shape index (κ2) is 11.7. The largest absolute Gasteiger partial charge is 0.350 e. The third-order valence-corrected chi connectivity index (χ3v) is 8.62. The Balaban J connectivity index is 1.65. The van der Waals surface area contributed by atoms with Gasteiger partial charge in [-0.2, -0.15) is 5.10 Å². The maximum atomic E-state index is 13.8. The topological polar surface area (TPSA) is 67.2 Å². The minimum absolute atomic E-state index is 0.160. The summed E-state index contributed by atoms with van der Waals surface area (Å²) in [6.07, 6.45) is 0. The third-order valence-electron chi connectivity index (χ3n) is 7.04. The molecular weight excluding hydrogens is 559 g/mol. The van der Waals surface area contributed by atoms with Crippen LogP contribution in [0.15, 0.2) is 72.8 Å². The van der Waals surface area contributed by atoms with Gasteiger partial charge in [-0.3, -0.25) is 14.5 Å². The van der Waals surface area contributed by atoms with Crippen LogP contribution in [0, 0.1) is 12.7 Å². The molecule has 212 valence electrons. The lowest BCUT2D eigenvalue weighted by Crippen LogP contribution is -2.42. The zero-order valence-electron chi connectivity index (χ0n) is 23.4. The number of carbonyl (C=O) groups is 2. The predicted molar refractivity (Wildman–Crippen MR) is 163 cm³/mol. The Bertz CT molecular complexity index is 1600. The van der Waals surface area contributed by atoms with Gasteiger partial charge in [0, 0.05) is 22.5 Å². The molecule has 1 N–H and O–H groups in total. The van der Waals surface area contributed by atoms with E-state index in [1.54, 1.807) is 17.0 Å². The number of hydrogen-bond donors (Lipinski definition) is 1. The first kappa shape index (κ1) is 28.9. The van der Waals surface area contributed by atoms with E-state index in [9.17, 15) is 14.0 Å². The Morgan fingerprint density at radius 3 is 2.44 bits per heavy atom. The van der Waals surface area contributed by atoms with Gasteiger partial charge in [-0.1, -0.05) is 80.9 Å². The molecule has 1 atom stereocenters. The summed E-state index contributed by atoms with van der Waals surface area (Å²) in [5.74, 6) is -0.135. The van der Waals surface area contributed by atoms with Gasteiger partial charge < -0.3 is 5.32 Å². The van der Waals surface area contributed by atoms with Crippen molar-refractivity contribution in [3.63, 3.8) is 0 Å². The highest BCUT2D eigenvalue weighted by molar-refractivity contribution is 8.00. The summed E-state index contributed by atoms with van der Waals surface area (Å²) in [5, 5.41) is 8.35. The lowest BCUT2D eigenvalue weighted by Gasteiger charge is -2.25. The molecule has 2 heterocycles. The number of aryl methyl sites for hydroxylation is 1. The van der Waals surface area contributed by atoms with Crippen LogP contribution in [0.25, 0.3) is 5.69 Å². The first-order valence-corrected chi connectivity index (χ1v) is 14.8. The van der Waals surface area contributed by atoms with Crippen LogP contribution in [-0.2, 0) is 21.5 Å². The number of thioether (sulfide) groups is 1. The van der Waals surface area contributed by atoms with E-state index < -0.39 is 0 Å². The van der Waals surface area contributed by atoms with E-state index in [1.165, 1.54) is 23.9 Å². The summed E-state index contributed by atoms with van der Waals surface area (Å²) >= 11 is 8.22. The number of amides is 2. The van der Waals surface area contributed by atoms with E-state index in [1.807, 2.05) is 60.1 Å². The highest BCUT2D eigenvalue weighted by Gasteiger charge is 2.40. The van der Waals surface area contributed by atoms with E-state index in [2.05, 4.69) is 26.1 Å². The SMILES string of the molecule is Cc1ccccc1-n1nc(C(C)(C)C)c2c1N(CC(=O)NCc1ccc(F)cc1)C(=O)CS[C@@H]2c1ccccc1Cl. The fraction of sp³-hybridized carbons (Fsp3) is 0.281. The van der Waals surface area contributed by atoms with Crippen molar-refractivity contribution in [1.29, 1.82) is 0 Å². The smallest absolute Gasteiger partial charge is 0.240 e. The van der Waals surface area contributed by atoms with Gasteiger partial charge in [-0.05, 0) is 47.9 Å². The Hall–Kier alpha value is -3.62. The number of hydrogen-bond acceptors (Lipinski definition) is 4. The molecule has 0 spiro atoms. The number of halogens is 2. The molecule has 5 rings (SSSR count). The number of fused-ring (bicyclic) bond motifs is 1. The van der Waals surface area contributed by atoms with Gasteiger partial charge >= 0.3 is 0 Å². The van der Waals surface area contributed by atoms with E-state index in [-0.39, 0.29) is 47.1 Å². The minimum atomic E-state index is -0.373. The van der Waals surface area contributed by atoms with Crippen molar-refractivity contribution in [3.05, 3.63) is 112 Å². The number of aromatic nitrogens is 2. The van der Waals surface area contributed by atoms with Crippen molar-refractivity contribution in [2.24, 2.45) is 0 Å². The molecule has 1 aliphatic rings. The minimum Gasteiger partial charge on any atom is -0.350 e. The van der Waals surface area contributed by atoms with Gasteiger partial charge in [-0.15, -0.1) is 11.8 Å². The Labute approximate surface area is 248 Å². The maximum absolute atomic E-state index is 13.8. The summed E-state index contributed by atoms with van der Waals surface area (Å²) in [6, 6.07) is 21.5. The predicted octanol–water partition coefficient (Wildman–Crippen LogP) is 6.76. The summed E-state index contributed by atoms with van der Waals surface area (Å²) in [7, 11) is 0. The summed E-state index contributed by atoms with van der Waals surface area (Å²) in [5.41, 5.74) is 4.80. The molecule has 0 unspecified atom stereocenters. The Kier molecular flexibility index (Phi) is 8.25. The molecule has 0 bridgehead atoms. The molecule has 41 heavy (non-hydrogen) atoms. The normalized spacial score (nSPS) is 15.4. The molecule has 1 aliphatic heterocycles. The van der Waals surface area contributed by atoms with E-state index in [0.717, 1.165) is 33.6 Å². The van der Waals surface area contributed by atoms with E-state index in [0.29, 0.717) is 10.8 Å². The zero-order valence-corrected chi connectivity index (χ0v) is 25.0. The average molecular weight is 591 g/mol. The molecule has 6 nitrogen and oxygen atoms in total. The fourth-order valence-corrected chi connectivity index (χ4v) is 6.52. The molecule has 0 saturated heterocycles. The monoisotopic (exact) mass is 590 g/mol. The van der Waals surface area contributed by atoms with Crippen LogP contribution in [0.2, 0.25) is 5.02 Å². The first-order valence-electron chi connectivity index (χ1n) is 13.4. The number of nitrogens with one attached hydrogen (secondary N) is 1. The standard InChI is InChI=1S/C32H32ClFN4O2S/c1-20-9-5-8-12-25(20)38-31-28(30(36-38)32(2,3)4)29(23-10-6-7-11-24(23)33)41-19-27(40)37(31)18-26(39)35-17-21-13-15-22(34)16-14-21/h5-16,29H,17-19H2,1-4H3,(H,35,39)/t29-/m1/s1. The number of rotatable bonds is 6. The van der Waals surface area contributed by atoms with Gasteiger partial charge in [0.25, 0.3) is 0 Å². The first-order chi connectivity index (χ1) is 19.5. The van der Waals surface area contributed by atoms with Crippen molar-refractivity contribution in [2.75, 3.05) is 17.2 Å². The average Bonchev–Trinajstić information content (AvgIpc) is 3.27. The number of carbonyl (C=O) groups excluding carboxylic acids is 2.